The summed E-state index contributed by atoms with van der Waals surface area (Å²) in [5.74, 6) is 2.23. The van der Waals surface area contributed by atoms with Gasteiger partial charge in [0.2, 0.25) is 5.95 Å². The van der Waals surface area contributed by atoms with Gasteiger partial charge in [0.1, 0.15) is 10.8 Å². The molecule has 0 aliphatic carbocycles. The maximum Gasteiger partial charge on any atom is 0.222 e. The number of aromatic nitrogens is 5. The Bertz CT molecular complexity index is 571. The molecule has 1 saturated heterocycles. The number of thioether (sulfide) groups is 1. The molecule has 8 nitrogen and oxygen atoms in total. The zero-order chi connectivity index (χ0) is 14.5. The number of anilines is 2. The Morgan fingerprint density at radius 2 is 2.43 bits per heavy atom. The van der Waals surface area contributed by atoms with E-state index in [0.717, 1.165) is 41.9 Å². The molecular formula is C12H17N7OS. The quantitative estimate of drug-likeness (QED) is 0.532. The summed E-state index contributed by atoms with van der Waals surface area (Å²) < 4.78 is 5.39. The number of nitrogens with zero attached hydrogens (tertiary/aromatic N) is 4. The Kier molecular flexibility index (Phi) is 4.51. The number of rotatable bonds is 6. The van der Waals surface area contributed by atoms with Gasteiger partial charge in [-0.2, -0.15) is 15.3 Å². The van der Waals surface area contributed by atoms with E-state index < -0.39 is 0 Å². The first kappa shape index (κ1) is 14.1. The van der Waals surface area contributed by atoms with Crippen molar-refractivity contribution in [1.82, 2.24) is 25.4 Å². The maximum atomic E-state index is 5.78. The predicted octanol–water partition coefficient (Wildman–Crippen LogP) is 0.885. The van der Waals surface area contributed by atoms with E-state index in [1.807, 2.05) is 6.07 Å². The van der Waals surface area contributed by atoms with Crippen LogP contribution in [0.1, 0.15) is 18.0 Å². The second kappa shape index (κ2) is 6.72. The lowest BCUT2D eigenvalue weighted by atomic mass is 10.0. The molecule has 9 heteroatoms. The molecule has 0 radical (unpaired) electrons. The van der Waals surface area contributed by atoms with E-state index in [1.54, 1.807) is 18.0 Å². The van der Waals surface area contributed by atoms with E-state index in [9.17, 15) is 0 Å². The topological polar surface area (TPSA) is 115 Å². The maximum absolute atomic E-state index is 5.78. The SMILES string of the molecule is Nc1nc(NCCSc2cn[nH]n2)cc(C2CCOC2)n1. The molecule has 0 aromatic carbocycles. The van der Waals surface area contributed by atoms with Crippen LogP contribution in [-0.2, 0) is 4.74 Å². The van der Waals surface area contributed by atoms with Gasteiger partial charge in [-0.3, -0.25) is 0 Å². The second-order valence-corrected chi connectivity index (χ2v) is 5.80. The lowest BCUT2D eigenvalue weighted by Crippen LogP contribution is -2.11. The highest BCUT2D eigenvalue weighted by atomic mass is 32.2. The van der Waals surface area contributed by atoms with Crippen molar-refractivity contribution >= 4 is 23.5 Å². The largest absolute Gasteiger partial charge is 0.381 e. The molecule has 1 unspecified atom stereocenters. The number of nitrogen functional groups attached to an aromatic ring is 1. The molecule has 3 heterocycles. The van der Waals surface area contributed by atoms with Crippen molar-refractivity contribution in [3.05, 3.63) is 18.0 Å². The third kappa shape index (κ3) is 3.82. The molecule has 1 aliphatic heterocycles. The first-order chi connectivity index (χ1) is 10.3. The van der Waals surface area contributed by atoms with Gasteiger partial charge in [-0.1, -0.05) is 0 Å². The summed E-state index contributed by atoms with van der Waals surface area (Å²) in [6.45, 7) is 2.25. The van der Waals surface area contributed by atoms with Crippen molar-refractivity contribution < 1.29 is 4.74 Å². The number of nitrogens with two attached hydrogens (primary N) is 1. The van der Waals surface area contributed by atoms with Gasteiger partial charge in [-0.05, 0) is 6.42 Å². The van der Waals surface area contributed by atoms with Crippen molar-refractivity contribution in [3.8, 4) is 0 Å². The lowest BCUT2D eigenvalue weighted by molar-refractivity contribution is 0.193. The molecule has 3 rings (SSSR count). The third-order valence-electron chi connectivity index (χ3n) is 3.16. The standard InChI is InChI=1S/C12H17N7OS/c13-12-16-9(8-1-3-20-7-8)5-10(17-12)14-2-4-21-11-6-15-19-18-11/h5-6,8H,1-4,7H2,(H,15,18,19)(H3,13,14,16,17). The van der Waals surface area contributed by atoms with Gasteiger partial charge in [-0.15, -0.1) is 16.9 Å². The van der Waals surface area contributed by atoms with Crippen LogP contribution >= 0.6 is 11.8 Å². The van der Waals surface area contributed by atoms with Gasteiger partial charge in [0.25, 0.3) is 0 Å². The van der Waals surface area contributed by atoms with Crippen molar-refractivity contribution in [2.75, 3.05) is 36.6 Å². The number of aromatic amines is 1. The zero-order valence-corrected chi connectivity index (χ0v) is 12.3. The van der Waals surface area contributed by atoms with Gasteiger partial charge in [0, 0.05) is 30.9 Å². The number of H-pyrrole nitrogens is 1. The van der Waals surface area contributed by atoms with Crippen LogP contribution in [0.3, 0.4) is 0 Å². The molecule has 21 heavy (non-hydrogen) atoms. The third-order valence-corrected chi connectivity index (χ3v) is 4.06. The molecule has 4 N–H and O–H groups in total. The average molecular weight is 307 g/mol. The molecule has 2 aromatic heterocycles. The molecule has 0 spiro atoms. The summed E-state index contributed by atoms with van der Waals surface area (Å²) in [6.07, 6.45) is 2.68. The Labute approximate surface area is 126 Å². The minimum atomic E-state index is 0.297. The van der Waals surface area contributed by atoms with E-state index in [2.05, 4.69) is 30.7 Å². The number of nitrogens with one attached hydrogen (secondary N) is 2. The highest BCUT2D eigenvalue weighted by Crippen LogP contribution is 2.25. The van der Waals surface area contributed by atoms with Crippen LogP contribution in [0.2, 0.25) is 0 Å². The Morgan fingerprint density at radius 3 is 3.19 bits per heavy atom. The summed E-state index contributed by atoms with van der Waals surface area (Å²) in [6, 6.07) is 1.95. The Balaban J connectivity index is 1.54. The van der Waals surface area contributed by atoms with Crippen LogP contribution in [0, 0.1) is 0 Å². The first-order valence-corrected chi connectivity index (χ1v) is 7.74. The highest BCUT2D eigenvalue weighted by Gasteiger charge is 2.20. The molecule has 2 aromatic rings. The normalized spacial score (nSPS) is 18.0. The van der Waals surface area contributed by atoms with Crippen LogP contribution < -0.4 is 11.1 Å². The molecule has 0 amide bonds. The number of ether oxygens (including phenoxy) is 1. The lowest BCUT2D eigenvalue weighted by Gasteiger charge is -2.11. The fourth-order valence-corrected chi connectivity index (χ4v) is 2.79. The van der Waals surface area contributed by atoms with Crippen molar-refractivity contribution in [2.24, 2.45) is 0 Å². The van der Waals surface area contributed by atoms with Crippen molar-refractivity contribution in [1.29, 1.82) is 0 Å². The average Bonchev–Trinajstić information content (AvgIpc) is 3.16. The van der Waals surface area contributed by atoms with E-state index in [0.29, 0.717) is 18.5 Å². The second-order valence-electron chi connectivity index (χ2n) is 4.68. The fraction of sp³-hybridized carbons (Fsp3) is 0.500. The van der Waals surface area contributed by atoms with Gasteiger partial charge in [0.15, 0.2) is 0 Å². The minimum Gasteiger partial charge on any atom is -0.381 e. The van der Waals surface area contributed by atoms with Crippen LogP contribution in [-0.4, -0.2) is 50.9 Å². The van der Waals surface area contributed by atoms with Crippen LogP contribution in [0.5, 0.6) is 0 Å². The van der Waals surface area contributed by atoms with Crippen LogP contribution in [0.4, 0.5) is 11.8 Å². The van der Waals surface area contributed by atoms with E-state index in [1.165, 1.54) is 0 Å². The van der Waals surface area contributed by atoms with Gasteiger partial charge >= 0.3 is 0 Å². The van der Waals surface area contributed by atoms with Gasteiger partial charge in [0.05, 0.1) is 18.5 Å². The number of hydrogen-bond donors (Lipinski definition) is 3. The van der Waals surface area contributed by atoms with E-state index in [4.69, 9.17) is 10.5 Å². The van der Waals surface area contributed by atoms with Crippen molar-refractivity contribution in [2.45, 2.75) is 17.4 Å². The number of hydrogen-bond acceptors (Lipinski definition) is 8. The van der Waals surface area contributed by atoms with E-state index in [-0.39, 0.29) is 0 Å². The van der Waals surface area contributed by atoms with Crippen LogP contribution in [0.15, 0.2) is 17.3 Å². The van der Waals surface area contributed by atoms with E-state index >= 15 is 0 Å². The summed E-state index contributed by atoms with van der Waals surface area (Å²) in [4.78, 5) is 8.51. The molecule has 112 valence electrons. The minimum absolute atomic E-state index is 0.297. The molecule has 1 fully saturated rings. The summed E-state index contributed by atoms with van der Waals surface area (Å²) in [5, 5.41) is 14.5. The Hall–Kier alpha value is -1.87. The monoisotopic (exact) mass is 307 g/mol. The highest BCUT2D eigenvalue weighted by molar-refractivity contribution is 7.99. The first-order valence-electron chi connectivity index (χ1n) is 6.76. The molecule has 0 bridgehead atoms. The smallest absolute Gasteiger partial charge is 0.222 e. The van der Waals surface area contributed by atoms with Crippen molar-refractivity contribution in [3.63, 3.8) is 0 Å². The molecular weight excluding hydrogens is 290 g/mol. The summed E-state index contributed by atoms with van der Waals surface area (Å²) >= 11 is 1.62. The zero-order valence-electron chi connectivity index (χ0n) is 11.5. The molecule has 1 atom stereocenters. The summed E-state index contributed by atoms with van der Waals surface area (Å²) in [7, 11) is 0. The van der Waals surface area contributed by atoms with Crippen LogP contribution in [0.25, 0.3) is 0 Å². The molecule has 0 saturated carbocycles. The summed E-state index contributed by atoms with van der Waals surface area (Å²) in [5.41, 5.74) is 6.73. The van der Waals surface area contributed by atoms with Gasteiger partial charge < -0.3 is 15.8 Å². The Morgan fingerprint density at radius 1 is 1.48 bits per heavy atom. The molecule has 1 aliphatic rings. The fourth-order valence-electron chi connectivity index (χ4n) is 2.15. The van der Waals surface area contributed by atoms with Gasteiger partial charge in [-0.25, -0.2) is 4.98 Å². The predicted molar refractivity (Wildman–Crippen MR) is 80.2 cm³/mol.